The number of halogens is 2. The minimum atomic E-state index is -1.59. The molecule has 96 valence electrons. The van der Waals surface area contributed by atoms with Gasteiger partial charge in [0.2, 0.25) is 5.67 Å². The molecule has 0 amide bonds. The second-order valence-electron chi connectivity index (χ2n) is 4.96. The third-order valence-electron chi connectivity index (χ3n) is 3.25. The highest BCUT2D eigenvalue weighted by Crippen LogP contribution is 2.37. The van der Waals surface area contributed by atoms with Crippen molar-refractivity contribution < 1.29 is 13.5 Å². The Morgan fingerprint density at radius 1 is 1.39 bits per heavy atom. The number of rotatable bonds is 2. The molecule has 0 aliphatic carbocycles. The number of para-hydroxylation sites is 1. The first-order chi connectivity index (χ1) is 8.53. The molecule has 1 fully saturated rings. The van der Waals surface area contributed by atoms with Crippen LogP contribution in [-0.2, 0) is 10.4 Å². The van der Waals surface area contributed by atoms with Gasteiger partial charge in [-0.15, -0.1) is 0 Å². The summed E-state index contributed by atoms with van der Waals surface area (Å²) in [5, 5.41) is 0. The van der Waals surface area contributed by atoms with Crippen LogP contribution in [0.2, 0.25) is 0 Å². The SMILES string of the molecule is CC(C)n1c(C2(F)COC2)nc2c(F)cccc21. The van der Waals surface area contributed by atoms with Crippen LogP contribution >= 0.6 is 0 Å². The average molecular weight is 252 g/mol. The average Bonchev–Trinajstić information content (AvgIpc) is 2.67. The van der Waals surface area contributed by atoms with Crippen molar-refractivity contribution in [2.75, 3.05) is 13.2 Å². The van der Waals surface area contributed by atoms with Gasteiger partial charge in [-0.3, -0.25) is 0 Å². The van der Waals surface area contributed by atoms with Crippen LogP contribution in [-0.4, -0.2) is 22.8 Å². The minimum absolute atomic E-state index is 0.00926. The van der Waals surface area contributed by atoms with E-state index in [-0.39, 0.29) is 30.6 Å². The number of ether oxygens (including phenoxy) is 1. The number of nitrogens with zero attached hydrogens (tertiary/aromatic N) is 2. The van der Waals surface area contributed by atoms with Gasteiger partial charge in [0.25, 0.3) is 0 Å². The molecule has 1 aliphatic heterocycles. The van der Waals surface area contributed by atoms with Crippen molar-refractivity contribution in [1.29, 1.82) is 0 Å². The number of aromatic nitrogens is 2. The van der Waals surface area contributed by atoms with E-state index in [4.69, 9.17) is 4.74 Å². The summed E-state index contributed by atoms with van der Waals surface area (Å²) >= 11 is 0. The lowest BCUT2D eigenvalue weighted by Gasteiger charge is -2.34. The summed E-state index contributed by atoms with van der Waals surface area (Å²) in [4.78, 5) is 4.16. The Balaban J connectivity index is 2.30. The zero-order chi connectivity index (χ0) is 12.9. The molecule has 0 radical (unpaired) electrons. The van der Waals surface area contributed by atoms with Crippen LogP contribution in [0.1, 0.15) is 25.7 Å². The van der Waals surface area contributed by atoms with Crippen molar-refractivity contribution in [2.24, 2.45) is 0 Å². The summed E-state index contributed by atoms with van der Waals surface area (Å²) in [6.45, 7) is 3.84. The highest BCUT2D eigenvalue weighted by atomic mass is 19.1. The Morgan fingerprint density at radius 3 is 2.67 bits per heavy atom. The Labute approximate surface area is 103 Å². The first-order valence-electron chi connectivity index (χ1n) is 5.96. The normalized spacial score (nSPS) is 18.3. The molecule has 1 saturated heterocycles. The van der Waals surface area contributed by atoms with Crippen LogP contribution in [0.15, 0.2) is 18.2 Å². The molecular weight excluding hydrogens is 238 g/mol. The molecule has 2 heterocycles. The number of imidazole rings is 1. The van der Waals surface area contributed by atoms with Crippen molar-refractivity contribution in [2.45, 2.75) is 25.6 Å². The molecule has 1 aliphatic rings. The van der Waals surface area contributed by atoms with Gasteiger partial charge in [-0.25, -0.2) is 13.8 Å². The molecule has 2 aromatic rings. The Kier molecular flexibility index (Phi) is 2.41. The summed E-state index contributed by atoms with van der Waals surface area (Å²) in [6.07, 6.45) is 0. The van der Waals surface area contributed by atoms with E-state index in [0.29, 0.717) is 5.52 Å². The summed E-state index contributed by atoms with van der Waals surface area (Å²) in [6, 6.07) is 4.73. The quantitative estimate of drug-likeness (QED) is 0.821. The van der Waals surface area contributed by atoms with E-state index < -0.39 is 11.5 Å². The van der Waals surface area contributed by atoms with E-state index in [1.54, 1.807) is 16.7 Å². The Morgan fingerprint density at radius 2 is 2.11 bits per heavy atom. The van der Waals surface area contributed by atoms with E-state index in [9.17, 15) is 8.78 Å². The maximum atomic E-state index is 14.5. The fraction of sp³-hybridized carbons (Fsp3) is 0.462. The fourth-order valence-electron chi connectivity index (χ4n) is 2.33. The van der Waals surface area contributed by atoms with Crippen LogP contribution in [0.3, 0.4) is 0 Å². The first kappa shape index (κ1) is 11.6. The third kappa shape index (κ3) is 1.47. The Hall–Kier alpha value is -1.49. The van der Waals surface area contributed by atoms with Crippen molar-refractivity contribution >= 4 is 11.0 Å². The van der Waals surface area contributed by atoms with Gasteiger partial charge in [0.05, 0.1) is 18.7 Å². The molecule has 5 heteroatoms. The van der Waals surface area contributed by atoms with Crippen LogP contribution in [0.5, 0.6) is 0 Å². The summed E-state index contributed by atoms with van der Waals surface area (Å²) < 4.78 is 34.9. The summed E-state index contributed by atoms with van der Waals surface area (Å²) in [7, 11) is 0. The number of fused-ring (bicyclic) bond motifs is 1. The van der Waals surface area contributed by atoms with Crippen molar-refractivity contribution in [1.82, 2.24) is 9.55 Å². The van der Waals surface area contributed by atoms with Crippen LogP contribution in [0.4, 0.5) is 8.78 Å². The summed E-state index contributed by atoms with van der Waals surface area (Å²) in [5.74, 6) is -0.152. The molecule has 1 aromatic carbocycles. The van der Waals surface area contributed by atoms with Crippen LogP contribution in [0.25, 0.3) is 11.0 Å². The molecule has 0 atom stereocenters. The van der Waals surface area contributed by atoms with Crippen LogP contribution < -0.4 is 0 Å². The topological polar surface area (TPSA) is 27.1 Å². The fourth-order valence-corrected chi connectivity index (χ4v) is 2.33. The molecule has 1 aromatic heterocycles. The maximum absolute atomic E-state index is 14.5. The molecule has 0 saturated carbocycles. The molecule has 0 unspecified atom stereocenters. The molecule has 0 bridgehead atoms. The van der Waals surface area contributed by atoms with Crippen molar-refractivity contribution in [3.63, 3.8) is 0 Å². The first-order valence-corrected chi connectivity index (χ1v) is 5.96. The zero-order valence-electron chi connectivity index (χ0n) is 10.3. The summed E-state index contributed by atoms with van der Waals surface area (Å²) in [5.41, 5.74) is -0.732. The smallest absolute Gasteiger partial charge is 0.214 e. The zero-order valence-corrected chi connectivity index (χ0v) is 10.3. The molecule has 0 N–H and O–H groups in total. The highest BCUT2D eigenvalue weighted by molar-refractivity contribution is 5.77. The van der Waals surface area contributed by atoms with Gasteiger partial charge in [0, 0.05) is 6.04 Å². The van der Waals surface area contributed by atoms with Gasteiger partial charge >= 0.3 is 0 Å². The lowest BCUT2D eigenvalue weighted by atomic mass is 10.0. The van der Waals surface area contributed by atoms with Gasteiger partial charge in [-0.1, -0.05) is 6.07 Å². The molecule has 0 spiro atoms. The lowest BCUT2D eigenvalue weighted by Crippen LogP contribution is -2.44. The second kappa shape index (κ2) is 3.75. The maximum Gasteiger partial charge on any atom is 0.214 e. The lowest BCUT2D eigenvalue weighted by molar-refractivity contribution is -0.141. The molecule has 3 nitrogen and oxygen atoms in total. The van der Waals surface area contributed by atoms with Gasteiger partial charge in [0.15, 0.2) is 11.6 Å². The number of hydrogen-bond donors (Lipinski definition) is 0. The van der Waals surface area contributed by atoms with Gasteiger partial charge in [-0.2, -0.15) is 0 Å². The predicted molar refractivity (Wildman–Crippen MR) is 63.7 cm³/mol. The van der Waals surface area contributed by atoms with E-state index in [0.717, 1.165) is 0 Å². The largest absolute Gasteiger partial charge is 0.374 e. The van der Waals surface area contributed by atoms with Crippen molar-refractivity contribution in [3.8, 4) is 0 Å². The minimum Gasteiger partial charge on any atom is -0.374 e. The Bertz CT molecular complexity index is 602. The van der Waals surface area contributed by atoms with Gasteiger partial charge < -0.3 is 9.30 Å². The third-order valence-corrected chi connectivity index (χ3v) is 3.25. The van der Waals surface area contributed by atoms with E-state index in [2.05, 4.69) is 4.98 Å². The predicted octanol–water partition coefficient (Wildman–Crippen LogP) is 2.95. The second-order valence-corrected chi connectivity index (χ2v) is 4.96. The van der Waals surface area contributed by atoms with Crippen LogP contribution in [0, 0.1) is 5.82 Å². The van der Waals surface area contributed by atoms with E-state index in [1.165, 1.54) is 6.07 Å². The monoisotopic (exact) mass is 252 g/mol. The highest BCUT2D eigenvalue weighted by Gasteiger charge is 2.45. The van der Waals surface area contributed by atoms with Crippen molar-refractivity contribution in [3.05, 3.63) is 29.8 Å². The number of benzene rings is 1. The number of alkyl halides is 1. The van der Waals surface area contributed by atoms with Gasteiger partial charge in [0.1, 0.15) is 5.52 Å². The van der Waals surface area contributed by atoms with E-state index >= 15 is 0 Å². The number of hydrogen-bond acceptors (Lipinski definition) is 2. The van der Waals surface area contributed by atoms with E-state index in [1.807, 2.05) is 13.8 Å². The standard InChI is InChI=1S/C13H14F2N2O/c1-8(2)17-10-5-3-4-9(14)11(10)16-12(17)13(15)6-18-7-13/h3-5,8H,6-7H2,1-2H3. The molecular formula is C13H14F2N2O. The van der Waals surface area contributed by atoms with Gasteiger partial charge in [-0.05, 0) is 26.0 Å². The molecule has 3 rings (SSSR count). The molecule has 18 heavy (non-hydrogen) atoms.